The lowest BCUT2D eigenvalue weighted by Gasteiger charge is -2.02. The summed E-state index contributed by atoms with van der Waals surface area (Å²) in [5.74, 6) is 0.240. The number of rotatable bonds is 1. The molecule has 0 aromatic carbocycles. The second-order valence-electron chi connectivity index (χ2n) is 2.57. The third-order valence-electron chi connectivity index (χ3n) is 1.48. The molecule has 1 aliphatic heterocycles. The van der Waals surface area contributed by atoms with Crippen LogP contribution in [0.4, 0.5) is 17.5 Å². The molecule has 2 rings (SSSR count). The summed E-state index contributed by atoms with van der Waals surface area (Å²) in [6.07, 6.45) is 1.34. The van der Waals surface area contributed by atoms with Crippen molar-refractivity contribution in [2.24, 2.45) is 4.99 Å². The first-order valence-electron chi connectivity index (χ1n) is 3.75. The number of carbonyl (C=O) groups excluding carboxylic acids is 1. The normalized spacial score (nSPS) is 12.1. The predicted octanol–water partition coefficient (Wildman–Crippen LogP) is 0.998. The quantitative estimate of drug-likeness (QED) is 0.702. The molecule has 0 saturated heterocycles. The molecule has 6 nitrogen and oxygen atoms in total. The van der Waals surface area contributed by atoms with Gasteiger partial charge < -0.3 is 0 Å². The van der Waals surface area contributed by atoms with Crippen molar-refractivity contribution in [3.05, 3.63) is 5.15 Å². The number of fused-ring (bicyclic) bond motifs is 1. The lowest BCUT2D eigenvalue weighted by atomic mass is 10.5. The van der Waals surface area contributed by atoms with E-state index in [0.717, 1.165) is 0 Å². The van der Waals surface area contributed by atoms with Gasteiger partial charge in [-0.15, -0.1) is 0 Å². The maximum Gasteiger partial charge on any atom is 0.233 e. The Hall–Kier alpha value is -1.69. The number of aliphatic imine (C=N–C) groups is 1. The maximum atomic E-state index is 10.7. The van der Waals surface area contributed by atoms with Crippen LogP contribution in [0.25, 0.3) is 0 Å². The molecular formula is C7H5ClN5O. The van der Waals surface area contributed by atoms with Gasteiger partial charge in [-0.1, -0.05) is 11.6 Å². The van der Waals surface area contributed by atoms with Gasteiger partial charge in [0.05, 0.1) is 0 Å². The summed E-state index contributed by atoms with van der Waals surface area (Å²) in [5.41, 5.74) is 0.431. The van der Waals surface area contributed by atoms with Gasteiger partial charge in [0.1, 0.15) is 12.0 Å². The lowest BCUT2D eigenvalue weighted by Crippen LogP contribution is -2.09. The highest BCUT2D eigenvalue weighted by molar-refractivity contribution is 6.32. The Labute approximate surface area is 84.4 Å². The average Bonchev–Trinajstić information content (AvgIpc) is 2.50. The smallest absolute Gasteiger partial charge is 0.233 e. The van der Waals surface area contributed by atoms with Crippen LogP contribution < -0.4 is 10.6 Å². The zero-order valence-corrected chi connectivity index (χ0v) is 7.91. The number of hydrogen-bond donors (Lipinski definition) is 1. The van der Waals surface area contributed by atoms with Gasteiger partial charge in [0.25, 0.3) is 0 Å². The minimum Gasteiger partial charge on any atom is -0.295 e. The molecule has 0 fully saturated rings. The van der Waals surface area contributed by atoms with E-state index in [4.69, 9.17) is 11.6 Å². The fourth-order valence-electron chi connectivity index (χ4n) is 0.972. The predicted molar refractivity (Wildman–Crippen MR) is 51.3 cm³/mol. The summed E-state index contributed by atoms with van der Waals surface area (Å²) in [6, 6.07) is 0. The van der Waals surface area contributed by atoms with Gasteiger partial charge in [-0.25, -0.2) is 10.3 Å². The number of anilines is 1. The van der Waals surface area contributed by atoms with E-state index < -0.39 is 0 Å². The van der Waals surface area contributed by atoms with Crippen molar-refractivity contribution in [1.29, 1.82) is 0 Å². The van der Waals surface area contributed by atoms with Gasteiger partial charge in [0.2, 0.25) is 11.9 Å². The van der Waals surface area contributed by atoms with Crippen LogP contribution in [0, 0.1) is 0 Å². The van der Waals surface area contributed by atoms with Gasteiger partial charge in [-0.2, -0.15) is 9.97 Å². The molecule has 7 heteroatoms. The summed E-state index contributed by atoms with van der Waals surface area (Å²) in [7, 11) is 0. The molecule has 0 saturated carbocycles. The van der Waals surface area contributed by atoms with Gasteiger partial charge in [-0.3, -0.25) is 10.1 Å². The number of amides is 1. The zero-order chi connectivity index (χ0) is 10.1. The highest BCUT2D eigenvalue weighted by atomic mass is 35.5. The van der Waals surface area contributed by atoms with E-state index in [1.165, 1.54) is 13.3 Å². The summed E-state index contributed by atoms with van der Waals surface area (Å²) in [6.45, 7) is 1.36. The molecule has 71 valence electrons. The number of aromatic nitrogens is 2. The Balaban J connectivity index is 2.39. The molecule has 1 amide bonds. The first-order valence-corrected chi connectivity index (χ1v) is 4.13. The second-order valence-corrected chi connectivity index (χ2v) is 2.92. The number of carbonyl (C=O) groups is 1. The van der Waals surface area contributed by atoms with Crippen LogP contribution in [0.2, 0.25) is 5.15 Å². The molecule has 1 aromatic heterocycles. The first kappa shape index (κ1) is 8.89. The highest BCUT2D eigenvalue weighted by Gasteiger charge is 2.16. The average molecular weight is 211 g/mol. The Kier molecular flexibility index (Phi) is 2.05. The summed E-state index contributed by atoms with van der Waals surface area (Å²) >= 11 is 5.78. The van der Waals surface area contributed by atoms with Crippen molar-refractivity contribution in [3.8, 4) is 0 Å². The van der Waals surface area contributed by atoms with Crippen molar-refractivity contribution in [1.82, 2.24) is 15.3 Å². The fourth-order valence-corrected chi connectivity index (χ4v) is 1.19. The van der Waals surface area contributed by atoms with E-state index in [2.05, 4.69) is 25.6 Å². The molecule has 14 heavy (non-hydrogen) atoms. The van der Waals surface area contributed by atoms with Crippen molar-refractivity contribution < 1.29 is 4.79 Å². The molecular weight excluding hydrogens is 206 g/mol. The van der Waals surface area contributed by atoms with E-state index in [0.29, 0.717) is 11.5 Å². The van der Waals surface area contributed by atoms with E-state index in [1.54, 1.807) is 0 Å². The number of nitrogens with one attached hydrogen (secondary N) is 1. The van der Waals surface area contributed by atoms with Crippen LogP contribution >= 0.6 is 11.6 Å². The van der Waals surface area contributed by atoms with E-state index >= 15 is 0 Å². The summed E-state index contributed by atoms with van der Waals surface area (Å²) in [5, 5.41) is 6.44. The zero-order valence-electron chi connectivity index (χ0n) is 7.15. The molecule has 0 spiro atoms. The van der Waals surface area contributed by atoms with Crippen molar-refractivity contribution in [2.75, 3.05) is 5.32 Å². The molecule has 0 bridgehead atoms. The molecule has 0 unspecified atom stereocenters. The minimum atomic E-state index is -0.264. The minimum absolute atomic E-state index is 0.135. The molecule has 1 N–H and O–H groups in total. The van der Waals surface area contributed by atoms with Crippen LogP contribution in [0.5, 0.6) is 0 Å². The highest BCUT2D eigenvalue weighted by Crippen LogP contribution is 2.33. The van der Waals surface area contributed by atoms with Crippen LogP contribution in [0.1, 0.15) is 6.92 Å². The topological polar surface area (TPSA) is 81.3 Å². The molecule has 1 aliphatic rings. The van der Waals surface area contributed by atoms with Gasteiger partial charge >= 0.3 is 0 Å². The lowest BCUT2D eigenvalue weighted by molar-refractivity contribution is -0.114. The first-order chi connectivity index (χ1) is 6.66. The molecule has 2 heterocycles. The molecule has 0 aliphatic carbocycles. The standard InChI is InChI=1S/C7H5ClN5O/c1-3(14)11-7-12-5(8)4-6(13-7)10-2-9-4/h2H,1H3,(H,11,12,13,14). The Morgan fingerprint density at radius 2 is 2.29 bits per heavy atom. The van der Waals surface area contributed by atoms with Crippen LogP contribution in [0.15, 0.2) is 4.99 Å². The number of halogens is 1. The van der Waals surface area contributed by atoms with Gasteiger partial charge in [0.15, 0.2) is 11.0 Å². The SMILES string of the molecule is CC(=O)Nc1nc(Cl)c2c(n1)[N]C=N2. The van der Waals surface area contributed by atoms with Crippen LogP contribution in [0.3, 0.4) is 0 Å². The molecule has 0 atom stereocenters. The number of hydrogen-bond acceptors (Lipinski definition) is 4. The van der Waals surface area contributed by atoms with Crippen molar-refractivity contribution >= 4 is 41.3 Å². The van der Waals surface area contributed by atoms with E-state index in [9.17, 15) is 4.79 Å². The van der Waals surface area contributed by atoms with Crippen molar-refractivity contribution in [3.63, 3.8) is 0 Å². The maximum absolute atomic E-state index is 10.7. The van der Waals surface area contributed by atoms with Crippen molar-refractivity contribution in [2.45, 2.75) is 6.92 Å². The third-order valence-corrected chi connectivity index (χ3v) is 1.74. The Morgan fingerprint density at radius 3 is 3.00 bits per heavy atom. The molecule has 1 radical (unpaired) electrons. The fraction of sp³-hybridized carbons (Fsp3) is 0.143. The summed E-state index contributed by atoms with van der Waals surface area (Å²) in [4.78, 5) is 22.4. The Morgan fingerprint density at radius 1 is 1.50 bits per heavy atom. The summed E-state index contributed by atoms with van der Waals surface area (Å²) < 4.78 is 0. The van der Waals surface area contributed by atoms with E-state index in [-0.39, 0.29) is 17.0 Å². The third kappa shape index (κ3) is 1.51. The largest absolute Gasteiger partial charge is 0.295 e. The monoisotopic (exact) mass is 210 g/mol. The molecule has 1 aromatic rings. The van der Waals surface area contributed by atoms with Gasteiger partial charge in [-0.05, 0) is 0 Å². The van der Waals surface area contributed by atoms with Crippen LogP contribution in [-0.4, -0.2) is 22.2 Å². The van der Waals surface area contributed by atoms with Gasteiger partial charge in [0, 0.05) is 6.92 Å². The van der Waals surface area contributed by atoms with E-state index in [1.807, 2.05) is 0 Å². The number of nitrogens with zero attached hydrogens (tertiary/aromatic N) is 4. The Bertz CT molecular complexity index is 430. The van der Waals surface area contributed by atoms with Crippen LogP contribution in [-0.2, 0) is 4.79 Å². The second kappa shape index (κ2) is 3.22.